The third-order valence-electron chi connectivity index (χ3n) is 4.91. The standard InChI is InChI=1S/C18H36N6O4/c1-5-10(3)13(19)16(26)23-12(8-7-9-22-18(20)21)15(25)24-14(17(27)28)11(4)6-2/h10-14H,5-9,19H2,1-4H3,(H,23,26)(H,24,25)(H,27,28)(H4,20,21,22). The van der Waals surface area contributed by atoms with Crippen molar-refractivity contribution in [3.05, 3.63) is 0 Å². The molecule has 0 aliphatic rings. The van der Waals surface area contributed by atoms with Crippen LogP contribution in [0.3, 0.4) is 0 Å². The molecular formula is C18H36N6O4. The molecule has 5 unspecified atom stereocenters. The number of aliphatic carboxylic acids is 1. The molecule has 0 aromatic heterocycles. The maximum Gasteiger partial charge on any atom is 0.326 e. The fourth-order valence-corrected chi connectivity index (χ4v) is 2.49. The number of carbonyl (C=O) groups is 3. The van der Waals surface area contributed by atoms with Crippen LogP contribution in [0.5, 0.6) is 0 Å². The molecular weight excluding hydrogens is 364 g/mol. The van der Waals surface area contributed by atoms with E-state index < -0.39 is 35.9 Å². The molecule has 0 aromatic carbocycles. The zero-order valence-electron chi connectivity index (χ0n) is 17.3. The summed E-state index contributed by atoms with van der Waals surface area (Å²) in [6.45, 7) is 7.63. The van der Waals surface area contributed by atoms with Crippen LogP contribution in [0.4, 0.5) is 0 Å². The van der Waals surface area contributed by atoms with Gasteiger partial charge in [0.2, 0.25) is 11.8 Å². The van der Waals surface area contributed by atoms with Gasteiger partial charge < -0.3 is 32.9 Å². The minimum atomic E-state index is -1.12. The molecule has 2 amide bonds. The van der Waals surface area contributed by atoms with E-state index in [4.69, 9.17) is 17.2 Å². The Kier molecular flexibility index (Phi) is 11.8. The van der Waals surface area contributed by atoms with Crippen LogP contribution in [-0.4, -0.2) is 53.5 Å². The van der Waals surface area contributed by atoms with E-state index in [0.717, 1.165) is 0 Å². The van der Waals surface area contributed by atoms with Gasteiger partial charge >= 0.3 is 5.97 Å². The second-order valence-electron chi connectivity index (χ2n) is 7.13. The average molecular weight is 401 g/mol. The monoisotopic (exact) mass is 400 g/mol. The third kappa shape index (κ3) is 9.03. The SMILES string of the molecule is CCC(C)C(N)C(=O)NC(CCCN=C(N)N)C(=O)NC(C(=O)O)C(C)CC. The van der Waals surface area contributed by atoms with Crippen LogP contribution in [0.1, 0.15) is 53.4 Å². The van der Waals surface area contributed by atoms with Crippen LogP contribution in [0.2, 0.25) is 0 Å². The summed E-state index contributed by atoms with van der Waals surface area (Å²) in [4.78, 5) is 40.4. The van der Waals surface area contributed by atoms with Gasteiger partial charge in [0.05, 0.1) is 6.04 Å². The molecule has 0 heterocycles. The summed E-state index contributed by atoms with van der Waals surface area (Å²) in [6, 6.07) is -2.73. The number of rotatable bonds is 13. The number of aliphatic imine (C=N–C) groups is 1. The highest BCUT2D eigenvalue weighted by Gasteiger charge is 2.30. The van der Waals surface area contributed by atoms with E-state index in [2.05, 4.69) is 15.6 Å². The van der Waals surface area contributed by atoms with Gasteiger partial charge in [-0.3, -0.25) is 14.6 Å². The molecule has 0 aliphatic heterocycles. The third-order valence-corrected chi connectivity index (χ3v) is 4.91. The summed E-state index contributed by atoms with van der Waals surface area (Å²) in [5.74, 6) is -2.52. The highest BCUT2D eigenvalue weighted by atomic mass is 16.4. The number of hydrogen-bond donors (Lipinski definition) is 6. The first-order valence-electron chi connectivity index (χ1n) is 9.69. The minimum Gasteiger partial charge on any atom is -0.480 e. The Balaban J connectivity index is 5.23. The highest BCUT2D eigenvalue weighted by Crippen LogP contribution is 2.10. The fourth-order valence-electron chi connectivity index (χ4n) is 2.49. The minimum absolute atomic E-state index is 0.0581. The van der Waals surface area contributed by atoms with Gasteiger partial charge in [-0.1, -0.05) is 40.5 Å². The predicted molar refractivity (Wildman–Crippen MR) is 108 cm³/mol. The summed E-state index contributed by atoms with van der Waals surface area (Å²) in [5, 5.41) is 14.6. The van der Waals surface area contributed by atoms with E-state index in [1.807, 2.05) is 20.8 Å². The number of hydrogen-bond acceptors (Lipinski definition) is 5. The molecule has 28 heavy (non-hydrogen) atoms. The molecule has 0 saturated carbocycles. The fraction of sp³-hybridized carbons (Fsp3) is 0.778. The van der Waals surface area contributed by atoms with Crippen LogP contribution in [0, 0.1) is 11.8 Å². The maximum absolute atomic E-state index is 12.7. The summed E-state index contributed by atoms with van der Waals surface area (Å²) in [6.07, 6.45) is 1.97. The molecule has 0 rings (SSSR count). The van der Waals surface area contributed by atoms with Crippen molar-refractivity contribution < 1.29 is 19.5 Å². The van der Waals surface area contributed by atoms with Gasteiger partial charge in [0, 0.05) is 6.54 Å². The Morgan fingerprint density at radius 2 is 1.57 bits per heavy atom. The van der Waals surface area contributed by atoms with Gasteiger partial charge in [-0.2, -0.15) is 0 Å². The molecule has 0 fully saturated rings. The lowest BCUT2D eigenvalue weighted by atomic mass is 9.97. The van der Waals surface area contributed by atoms with Gasteiger partial charge in [0.1, 0.15) is 12.1 Å². The van der Waals surface area contributed by atoms with Crippen molar-refractivity contribution in [2.45, 2.75) is 71.5 Å². The van der Waals surface area contributed by atoms with Crippen LogP contribution in [0.25, 0.3) is 0 Å². The number of carboxylic acid groups (broad SMARTS) is 1. The first-order valence-corrected chi connectivity index (χ1v) is 9.69. The van der Waals surface area contributed by atoms with E-state index >= 15 is 0 Å². The molecule has 0 bridgehead atoms. The summed E-state index contributed by atoms with van der Waals surface area (Å²) < 4.78 is 0. The molecule has 0 radical (unpaired) electrons. The van der Waals surface area contributed by atoms with E-state index in [1.165, 1.54) is 0 Å². The van der Waals surface area contributed by atoms with E-state index in [0.29, 0.717) is 19.3 Å². The van der Waals surface area contributed by atoms with Crippen molar-refractivity contribution in [2.75, 3.05) is 6.54 Å². The highest BCUT2D eigenvalue weighted by molar-refractivity contribution is 5.91. The second-order valence-corrected chi connectivity index (χ2v) is 7.13. The first kappa shape index (κ1) is 25.6. The Morgan fingerprint density at radius 1 is 1.00 bits per heavy atom. The number of carbonyl (C=O) groups excluding carboxylic acids is 2. The van der Waals surface area contributed by atoms with Crippen molar-refractivity contribution in [2.24, 2.45) is 34.0 Å². The van der Waals surface area contributed by atoms with Crippen molar-refractivity contribution >= 4 is 23.7 Å². The zero-order chi connectivity index (χ0) is 21.9. The quantitative estimate of drug-likeness (QED) is 0.137. The summed E-state index contributed by atoms with van der Waals surface area (Å²) in [5.41, 5.74) is 16.5. The van der Waals surface area contributed by atoms with Crippen LogP contribution >= 0.6 is 0 Å². The largest absolute Gasteiger partial charge is 0.480 e. The Labute approximate surface area is 166 Å². The molecule has 10 nitrogen and oxygen atoms in total. The number of carboxylic acids is 1. The van der Waals surface area contributed by atoms with E-state index in [1.54, 1.807) is 6.92 Å². The molecule has 0 spiro atoms. The maximum atomic E-state index is 12.7. The molecule has 10 heteroatoms. The smallest absolute Gasteiger partial charge is 0.326 e. The van der Waals surface area contributed by atoms with Crippen molar-refractivity contribution in [1.82, 2.24) is 10.6 Å². The lowest BCUT2D eigenvalue weighted by molar-refractivity contribution is -0.143. The lowest BCUT2D eigenvalue weighted by Gasteiger charge is -2.26. The van der Waals surface area contributed by atoms with Gasteiger partial charge in [0.25, 0.3) is 0 Å². The van der Waals surface area contributed by atoms with E-state index in [9.17, 15) is 19.5 Å². The molecule has 0 aliphatic carbocycles. The van der Waals surface area contributed by atoms with Crippen molar-refractivity contribution in [3.63, 3.8) is 0 Å². The predicted octanol–water partition coefficient (Wildman–Crippen LogP) is -0.486. The van der Waals surface area contributed by atoms with Gasteiger partial charge in [-0.25, -0.2) is 4.79 Å². The number of nitrogens with two attached hydrogens (primary N) is 3. The molecule has 5 atom stereocenters. The number of amides is 2. The lowest BCUT2D eigenvalue weighted by Crippen LogP contribution is -2.56. The van der Waals surface area contributed by atoms with Crippen LogP contribution < -0.4 is 27.8 Å². The normalized spacial score (nSPS) is 16.2. The Morgan fingerprint density at radius 3 is 2.04 bits per heavy atom. The number of nitrogens with one attached hydrogen (secondary N) is 2. The second kappa shape index (κ2) is 12.9. The van der Waals surface area contributed by atoms with Gasteiger partial charge in [-0.15, -0.1) is 0 Å². The topological polar surface area (TPSA) is 186 Å². The van der Waals surface area contributed by atoms with Crippen molar-refractivity contribution in [3.8, 4) is 0 Å². The Hall–Kier alpha value is -2.36. The van der Waals surface area contributed by atoms with Crippen LogP contribution in [-0.2, 0) is 14.4 Å². The molecule has 0 saturated heterocycles. The number of nitrogens with zero attached hydrogens (tertiary/aromatic N) is 1. The first-order chi connectivity index (χ1) is 13.0. The molecule has 0 aromatic rings. The van der Waals surface area contributed by atoms with Gasteiger partial charge in [0.15, 0.2) is 5.96 Å². The Bertz CT molecular complexity index is 550. The van der Waals surface area contributed by atoms with Crippen molar-refractivity contribution in [1.29, 1.82) is 0 Å². The van der Waals surface area contributed by atoms with E-state index in [-0.39, 0.29) is 30.8 Å². The molecule has 162 valence electrons. The van der Waals surface area contributed by atoms with Crippen LogP contribution in [0.15, 0.2) is 4.99 Å². The van der Waals surface area contributed by atoms with Gasteiger partial charge in [-0.05, 0) is 24.7 Å². The molecule has 9 N–H and O–H groups in total. The average Bonchev–Trinajstić information content (AvgIpc) is 2.65. The number of guanidine groups is 1. The summed E-state index contributed by atoms with van der Waals surface area (Å²) in [7, 11) is 0. The summed E-state index contributed by atoms with van der Waals surface area (Å²) >= 11 is 0. The zero-order valence-corrected chi connectivity index (χ0v) is 17.3.